The summed E-state index contributed by atoms with van der Waals surface area (Å²) < 4.78 is 4.96. The molecule has 0 saturated heterocycles. The van der Waals surface area contributed by atoms with Gasteiger partial charge in [-0.3, -0.25) is 9.59 Å². The van der Waals surface area contributed by atoms with E-state index in [9.17, 15) is 9.59 Å². The average molecular weight is 417 g/mol. The lowest BCUT2D eigenvalue weighted by molar-refractivity contribution is 0.0961. The summed E-state index contributed by atoms with van der Waals surface area (Å²) >= 11 is 7.49. The summed E-state index contributed by atoms with van der Waals surface area (Å²) in [5, 5.41) is 9.49. The second kappa shape index (κ2) is 8.90. The topological polar surface area (TPSA) is 97.1 Å². The number of carbonyl (C=O) groups is 2. The minimum Gasteiger partial charge on any atom is -0.355 e. The maximum atomic E-state index is 12.8. The highest BCUT2D eigenvalue weighted by Crippen LogP contribution is 2.27. The number of carbonyl (C=O) groups excluding carboxylic acids is 2. The monoisotopic (exact) mass is 416 g/mol. The van der Waals surface area contributed by atoms with Crippen LogP contribution in [0.25, 0.3) is 0 Å². The first-order valence-corrected chi connectivity index (χ1v) is 9.68. The summed E-state index contributed by atoms with van der Waals surface area (Å²) in [4.78, 5) is 29.6. The minimum absolute atomic E-state index is 0.289. The zero-order valence-corrected chi connectivity index (χ0v) is 16.7. The van der Waals surface area contributed by atoms with Gasteiger partial charge in [0.25, 0.3) is 11.8 Å². The van der Waals surface area contributed by atoms with Crippen molar-refractivity contribution in [1.82, 2.24) is 15.5 Å². The second-order valence-corrected chi connectivity index (χ2v) is 7.17. The molecule has 0 radical (unpaired) electrons. The van der Waals surface area contributed by atoms with Crippen molar-refractivity contribution in [3.63, 3.8) is 0 Å². The van der Waals surface area contributed by atoms with Gasteiger partial charge in [0.1, 0.15) is 0 Å². The highest BCUT2D eigenvalue weighted by Gasteiger charge is 2.15. The molecule has 3 aromatic rings. The Balaban J connectivity index is 1.77. The molecule has 0 saturated carbocycles. The quantitative estimate of drug-likeness (QED) is 0.591. The van der Waals surface area contributed by atoms with Gasteiger partial charge >= 0.3 is 0 Å². The molecule has 28 heavy (non-hydrogen) atoms. The molecule has 0 atom stereocenters. The lowest BCUT2D eigenvalue weighted by Crippen LogP contribution is -2.19. The maximum absolute atomic E-state index is 12.8. The van der Waals surface area contributed by atoms with Crippen LogP contribution in [0.1, 0.15) is 32.4 Å². The molecular formula is C19H17ClN4O3S. The van der Waals surface area contributed by atoms with Crippen molar-refractivity contribution in [2.24, 2.45) is 0 Å². The fourth-order valence-electron chi connectivity index (χ4n) is 2.43. The van der Waals surface area contributed by atoms with Gasteiger partial charge in [0.05, 0.1) is 21.9 Å². The molecule has 0 aliphatic rings. The highest BCUT2D eigenvalue weighted by atomic mass is 35.5. The molecule has 2 aromatic carbocycles. The molecule has 2 amide bonds. The number of aromatic nitrogens is 2. The molecule has 0 spiro atoms. The second-order valence-electron chi connectivity index (χ2n) is 5.74. The molecule has 1 heterocycles. The largest absolute Gasteiger partial charge is 0.355 e. The van der Waals surface area contributed by atoms with Crippen LogP contribution in [0.3, 0.4) is 0 Å². The normalized spacial score (nSPS) is 10.5. The molecule has 0 bridgehead atoms. The molecule has 0 fully saturated rings. The lowest BCUT2D eigenvalue weighted by Gasteiger charge is -2.11. The average Bonchev–Trinajstić information content (AvgIpc) is 3.12. The summed E-state index contributed by atoms with van der Waals surface area (Å²) in [5.41, 5.74) is 1.27. The number of rotatable bonds is 6. The van der Waals surface area contributed by atoms with E-state index in [-0.39, 0.29) is 17.4 Å². The van der Waals surface area contributed by atoms with Gasteiger partial charge in [-0.1, -0.05) is 28.9 Å². The Morgan fingerprint density at radius 3 is 2.64 bits per heavy atom. The third kappa shape index (κ3) is 4.71. The van der Waals surface area contributed by atoms with Crippen LogP contribution in [0.2, 0.25) is 5.02 Å². The van der Waals surface area contributed by atoms with E-state index in [4.69, 9.17) is 16.1 Å². The number of benzene rings is 2. The summed E-state index contributed by atoms with van der Waals surface area (Å²) in [6, 6.07) is 12.0. The van der Waals surface area contributed by atoms with Gasteiger partial charge in [-0.05, 0) is 30.3 Å². The lowest BCUT2D eigenvalue weighted by atomic mass is 10.1. The van der Waals surface area contributed by atoms with Crippen LogP contribution in [0.4, 0.5) is 5.69 Å². The fourth-order valence-corrected chi connectivity index (χ4v) is 3.53. The SMILES string of the molecule is CNC(=O)c1cc(NC(=O)c2ccccc2SCc2noc(C)n2)ccc1Cl. The standard InChI is InChI=1S/C19H17ClN4O3S/c1-11-22-17(24-27-11)10-28-16-6-4-3-5-13(16)19(26)23-12-7-8-15(20)14(9-12)18(25)21-2/h3-9H,10H2,1-2H3,(H,21,25)(H,23,26). The van der Waals surface area contributed by atoms with Crippen LogP contribution >= 0.6 is 23.4 Å². The number of nitrogens with zero attached hydrogens (tertiary/aromatic N) is 2. The molecule has 0 aliphatic heterocycles. The van der Waals surface area contributed by atoms with E-state index in [0.29, 0.717) is 33.7 Å². The van der Waals surface area contributed by atoms with Crippen molar-refractivity contribution < 1.29 is 14.1 Å². The van der Waals surface area contributed by atoms with Crippen LogP contribution in [0.15, 0.2) is 51.9 Å². The molecular weight excluding hydrogens is 400 g/mol. The van der Waals surface area contributed by atoms with E-state index >= 15 is 0 Å². The molecule has 9 heteroatoms. The highest BCUT2D eigenvalue weighted by molar-refractivity contribution is 7.98. The van der Waals surface area contributed by atoms with E-state index in [0.717, 1.165) is 4.90 Å². The van der Waals surface area contributed by atoms with Crippen molar-refractivity contribution in [1.29, 1.82) is 0 Å². The molecule has 0 aliphatic carbocycles. The fraction of sp³-hybridized carbons (Fsp3) is 0.158. The Bertz CT molecular complexity index is 1020. The molecule has 144 valence electrons. The zero-order valence-electron chi connectivity index (χ0n) is 15.2. The molecule has 7 nitrogen and oxygen atoms in total. The van der Waals surface area contributed by atoms with Crippen molar-refractivity contribution in [2.45, 2.75) is 17.6 Å². The first-order valence-electron chi connectivity index (χ1n) is 8.32. The van der Waals surface area contributed by atoms with E-state index < -0.39 is 0 Å². The van der Waals surface area contributed by atoms with Gasteiger partial charge in [0, 0.05) is 24.6 Å². The van der Waals surface area contributed by atoms with Crippen LogP contribution in [0.5, 0.6) is 0 Å². The number of hydrogen-bond acceptors (Lipinski definition) is 6. The van der Waals surface area contributed by atoms with Crippen molar-refractivity contribution in [2.75, 3.05) is 12.4 Å². The zero-order chi connectivity index (χ0) is 20.1. The van der Waals surface area contributed by atoms with Gasteiger partial charge < -0.3 is 15.2 Å². The van der Waals surface area contributed by atoms with Gasteiger partial charge in [-0.2, -0.15) is 4.98 Å². The Kier molecular flexibility index (Phi) is 6.33. The van der Waals surface area contributed by atoms with Crippen molar-refractivity contribution in [3.8, 4) is 0 Å². The number of amides is 2. The van der Waals surface area contributed by atoms with Gasteiger partial charge in [-0.15, -0.1) is 11.8 Å². The molecule has 1 aromatic heterocycles. The van der Waals surface area contributed by atoms with Crippen molar-refractivity contribution in [3.05, 3.63) is 70.3 Å². The van der Waals surface area contributed by atoms with Gasteiger partial charge in [-0.25, -0.2) is 0 Å². The number of thioether (sulfide) groups is 1. The van der Waals surface area contributed by atoms with Crippen molar-refractivity contribution >= 4 is 40.9 Å². The smallest absolute Gasteiger partial charge is 0.256 e. The van der Waals surface area contributed by atoms with E-state index in [2.05, 4.69) is 20.8 Å². The van der Waals surface area contributed by atoms with E-state index in [1.807, 2.05) is 12.1 Å². The predicted molar refractivity (Wildman–Crippen MR) is 108 cm³/mol. The van der Waals surface area contributed by atoms with E-state index in [1.165, 1.54) is 24.9 Å². The number of hydrogen-bond donors (Lipinski definition) is 2. The maximum Gasteiger partial charge on any atom is 0.256 e. The Morgan fingerprint density at radius 2 is 1.93 bits per heavy atom. The first kappa shape index (κ1) is 19.9. The van der Waals surface area contributed by atoms with Gasteiger partial charge in [0.15, 0.2) is 5.82 Å². The van der Waals surface area contributed by atoms with Crippen LogP contribution in [0, 0.1) is 6.92 Å². The van der Waals surface area contributed by atoms with Crippen LogP contribution < -0.4 is 10.6 Å². The number of aryl methyl sites for hydroxylation is 1. The summed E-state index contributed by atoms with van der Waals surface area (Å²) in [7, 11) is 1.52. The Morgan fingerprint density at radius 1 is 1.14 bits per heavy atom. The summed E-state index contributed by atoms with van der Waals surface area (Å²) in [6.45, 7) is 1.72. The Labute approximate surface area is 170 Å². The third-order valence-electron chi connectivity index (χ3n) is 3.75. The number of halogens is 1. The van der Waals surface area contributed by atoms with Crippen LogP contribution in [-0.2, 0) is 5.75 Å². The number of anilines is 1. The molecule has 3 rings (SSSR count). The summed E-state index contributed by atoms with van der Waals surface area (Å²) in [6.07, 6.45) is 0. The predicted octanol–water partition coefficient (Wildman–Crippen LogP) is 3.94. The first-order chi connectivity index (χ1) is 13.5. The summed E-state index contributed by atoms with van der Waals surface area (Å²) in [5.74, 6) is 0.913. The third-order valence-corrected chi connectivity index (χ3v) is 5.15. The number of nitrogens with one attached hydrogen (secondary N) is 2. The van der Waals surface area contributed by atoms with E-state index in [1.54, 1.807) is 31.2 Å². The molecule has 2 N–H and O–H groups in total. The molecule has 0 unspecified atom stereocenters. The van der Waals surface area contributed by atoms with Gasteiger partial charge in [0.2, 0.25) is 5.89 Å². The minimum atomic E-state index is -0.326. The Hall–Kier alpha value is -2.84. The van der Waals surface area contributed by atoms with Crippen LogP contribution in [-0.4, -0.2) is 29.0 Å².